The molecule has 1 heterocycles. The van der Waals surface area contributed by atoms with E-state index in [0.717, 1.165) is 11.8 Å². The molecule has 1 fully saturated rings. The topological polar surface area (TPSA) is 0 Å². The molecule has 0 bridgehead atoms. The van der Waals surface area contributed by atoms with Crippen LogP contribution in [-0.4, -0.2) is 0 Å². The summed E-state index contributed by atoms with van der Waals surface area (Å²) in [6.45, 7) is 2.21. The lowest BCUT2D eigenvalue weighted by atomic mass is 10.0. The average Bonchev–Trinajstić information content (AvgIpc) is 3.10. The van der Waals surface area contributed by atoms with Crippen molar-refractivity contribution in [2.45, 2.75) is 24.1 Å². The number of thiophene rings is 1. The van der Waals surface area contributed by atoms with Crippen LogP contribution in [-0.2, 0) is 0 Å². The Bertz CT molecular complexity index is 547. The Morgan fingerprint density at radius 1 is 1.28 bits per heavy atom. The normalized spacial score (nSPS) is 23.9. The Hall–Kier alpha value is -0.120. The minimum absolute atomic E-state index is 0.491. The average molecular weight is 386 g/mol. The van der Waals surface area contributed by atoms with E-state index >= 15 is 0 Å². The van der Waals surface area contributed by atoms with Gasteiger partial charge in [0.2, 0.25) is 0 Å². The number of halogens is 2. The number of hydrogen-bond acceptors (Lipinski definition) is 1. The van der Waals surface area contributed by atoms with Crippen LogP contribution in [0.25, 0.3) is 0 Å². The summed E-state index contributed by atoms with van der Waals surface area (Å²) in [7, 11) is 0. The molecule has 2 aromatic rings. The zero-order valence-electron chi connectivity index (χ0n) is 10.1. The maximum absolute atomic E-state index is 3.90. The second-order valence-corrected chi connectivity index (χ2v) is 8.50. The summed E-state index contributed by atoms with van der Waals surface area (Å²) >= 11 is 9.31. The Morgan fingerprint density at radius 2 is 2.00 bits per heavy atom. The second-order valence-electron chi connectivity index (χ2n) is 4.88. The highest BCUT2D eigenvalue weighted by Crippen LogP contribution is 2.58. The highest BCUT2D eigenvalue weighted by molar-refractivity contribution is 9.11. The predicted molar refractivity (Wildman–Crippen MR) is 85.7 cm³/mol. The lowest BCUT2D eigenvalue weighted by molar-refractivity contribution is 0.785. The first-order valence-corrected chi connectivity index (χ1v) is 8.64. The zero-order chi connectivity index (χ0) is 12.7. The summed E-state index contributed by atoms with van der Waals surface area (Å²) in [4.78, 5) is 1.91. The van der Waals surface area contributed by atoms with Crippen molar-refractivity contribution in [3.8, 4) is 0 Å². The standard InChI is InChI=1S/C15H14Br2S/c1-9-11(8-14(16)18-9)15(17)13-7-12(13)10-5-3-2-4-6-10/h2-6,8,12-13,15H,7H2,1H3. The van der Waals surface area contributed by atoms with Gasteiger partial charge in [0.15, 0.2) is 0 Å². The van der Waals surface area contributed by atoms with Crippen molar-refractivity contribution in [2.24, 2.45) is 5.92 Å². The summed E-state index contributed by atoms with van der Waals surface area (Å²) < 4.78 is 1.23. The number of aryl methyl sites for hydroxylation is 1. The van der Waals surface area contributed by atoms with Crippen LogP contribution in [0, 0.1) is 12.8 Å². The van der Waals surface area contributed by atoms with Crippen molar-refractivity contribution < 1.29 is 0 Å². The summed E-state index contributed by atoms with van der Waals surface area (Å²) in [5.74, 6) is 1.47. The van der Waals surface area contributed by atoms with Gasteiger partial charge < -0.3 is 0 Å². The van der Waals surface area contributed by atoms with Crippen LogP contribution < -0.4 is 0 Å². The molecule has 1 aromatic heterocycles. The van der Waals surface area contributed by atoms with E-state index in [4.69, 9.17) is 0 Å². The molecule has 1 aliphatic rings. The second kappa shape index (κ2) is 5.10. The van der Waals surface area contributed by atoms with Crippen LogP contribution in [0.4, 0.5) is 0 Å². The van der Waals surface area contributed by atoms with E-state index in [2.05, 4.69) is 75.2 Å². The van der Waals surface area contributed by atoms with Crippen molar-refractivity contribution in [3.63, 3.8) is 0 Å². The molecule has 1 saturated carbocycles. The fraction of sp³-hybridized carbons (Fsp3) is 0.333. The highest BCUT2D eigenvalue weighted by Gasteiger charge is 2.43. The van der Waals surface area contributed by atoms with E-state index in [1.165, 1.54) is 26.2 Å². The molecule has 3 heteroatoms. The van der Waals surface area contributed by atoms with Gasteiger partial charge in [0, 0.05) is 9.70 Å². The van der Waals surface area contributed by atoms with Crippen LogP contribution in [0.2, 0.25) is 0 Å². The Morgan fingerprint density at radius 3 is 2.61 bits per heavy atom. The van der Waals surface area contributed by atoms with Gasteiger partial charge >= 0.3 is 0 Å². The SMILES string of the molecule is Cc1sc(Br)cc1C(Br)C1CC1c1ccccc1. The van der Waals surface area contributed by atoms with E-state index < -0.39 is 0 Å². The van der Waals surface area contributed by atoms with E-state index in [9.17, 15) is 0 Å². The molecule has 3 atom stereocenters. The van der Waals surface area contributed by atoms with Gasteiger partial charge in [-0.3, -0.25) is 0 Å². The Kier molecular flexibility index (Phi) is 3.65. The Balaban J connectivity index is 1.77. The first-order chi connectivity index (χ1) is 8.66. The van der Waals surface area contributed by atoms with Crippen molar-refractivity contribution in [3.05, 3.63) is 56.2 Å². The van der Waals surface area contributed by atoms with E-state index in [0.29, 0.717) is 4.83 Å². The van der Waals surface area contributed by atoms with E-state index in [1.54, 1.807) is 0 Å². The van der Waals surface area contributed by atoms with Crippen molar-refractivity contribution >= 4 is 43.2 Å². The molecule has 1 aliphatic carbocycles. The van der Waals surface area contributed by atoms with E-state index in [1.807, 2.05) is 11.3 Å². The third-order valence-electron chi connectivity index (χ3n) is 3.67. The smallest absolute Gasteiger partial charge is 0.0704 e. The quantitative estimate of drug-likeness (QED) is 0.563. The molecular formula is C15H14Br2S. The van der Waals surface area contributed by atoms with Gasteiger partial charge in [-0.15, -0.1) is 11.3 Å². The molecule has 0 aliphatic heterocycles. The maximum atomic E-state index is 3.90. The molecule has 3 unspecified atom stereocenters. The highest BCUT2D eigenvalue weighted by atomic mass is 79.9. The summed E-state index contributed by atoms with van der Waals surface area (Å²) in [5.41, 5.74) is 2.94. The molecule has 94 valence electrons. The largest absolute Gasteiger partial charge is 0.133 e. The van der Waals surface area contributed by atoms with Crippen LogP contribution in [0.15, 0.2) is 40.2 Å². The first-order valence-electron chi connectivity index (χ1n) is 6.11. The molecule has 1 aromatic carbocycles. The minimum atomic E-state index is 0.491. The lowest BCUT2D eigenvalue weighted by Gasteiger charge is -2.09. The first kappa shape index (κ1) is 12.9. The molecule has 3 rings (SSSR count). The molecule has 0 spiro atoms. The van der Waals surface area contributed by atoms with Crippen LogP contribution >= 0.6 is 43.2 Å². The minimum Gasteiger partial charge on any atom is -0.133 e. The monoisotopic (exact) mass is 384 g/mol. The van der Waals surface area contributed by atoms with Crippen LogP contribution in [0.1, 0.15) is 33.2 Å². The van der Waals surface area contributed by atoms with Crippen molar-refractivity contribution in [2.75, 3.05) is 0 Å². The van der Waals surface area contributed by atoms with Gasteiger partial charge in [0.1, 0.15) is 0 Å². The lowest BCUT2D eigenvalue weighted by Crippen LogP contribution is -1.94. The van der Waals surface area contributed by atoms with Crippen molar-refractivity contribution in [1.82, 2.24) is 0 Å². The van der Waals surface area contributed by atoms with Crippen LogP contribution in [0.5, 0.6) is 0 Å². The van der Waals surface area contributed by atoms with Gasteiger partial charge in [-0.25, -0.2) is 0 Å². The summed E-state index contributed by atoms with van der Waals surface area (Å²) in [6.07, 6.45) is 1.30. The van der Waals surface area contributed by atoms with Gasteiger partial charge in [0.05, 0.1) is 3.79 Å². The molecular weight excluding hydrogens is 372 g/mol. The number of alkyl halides is 1. The van der Waals surface area contributed by atoms with Gasteiger partial charge in [-0.2, -0.15) is 0 Å². The predicted octanol–water partition coefficient (Wildman–Crippen LogP) is 6.06. The van der Waals surface area contributed by atoms with Gasteiger partial charge in [0.25, 0.3) is 0 Å². The fourth-order valence-corrected chi connectivity index (χ4v) is 5.55. The van der Waals surface area contributed by atoms with E-state index in [-0.39, 0.29) is 0 Å². The van der Waals surface area contributed by atoms with Crippen LogP contribution in [0.3, 0.4) is 0 Å². The number of benzene rings is 1. The molecule has 0 nitrogen and oxygen atoms in total. The van der Waals surface area contributed by atoms with Crippen molar-refractivity contribution in [1.29, 1.82) is 0 Å². The third-order valence-corrected chi connectivity index (χ3v) is 6.41. The van der Waals surface area contributed by atoms with Gasteiger partial charge in [-0.1, -0.05) is 46.3 Å². The molecule has 0 radical (unpaired) electrons. The van der Waals surface area contributed by atoms with Gasteiger partial charge in [-0.05, 0) is 58.3 Å². The summed E-state index contributed by atoms with van der Waals surface area (Å²) in [5, 5.41) is 0. The number of hydrogen-bond donors (Lipinski definition) is 0. The fourth-order valence-electron chi connectivity index (χ4n) is 2.58. The zero-order valence-corrected chi connectivity index (χ0v) is 14.1. The maximum Gasteiger partial charge on any atom is 0.0704 e. The molecule has 18 heavy (non-hydrogen) atoms. The molecule has 0 saturated heterocycles. The molecule has 0 N–H and O–H groups in total. The summed E-state index contributed by atoms with van der Waals surface area (Å²) in [6, 6.07) is 13.1. The number of rotatable bonds is 3. The third kappa shape index (κ3) is 2.45. The Labute approximate surface area is 129 Å². The molecule has 0 amide bonds.